The summed E-state index contributed by atoms with van der Waals surface area (Å²) >= 11 is 0. The molecule has 0 amide bonds. The number of unbranched alkanes of at least 4 members (excludes halogenated alkanes) is 1. The summed E-state index contributed by atoms with van der Waals surface area (Å²) in [6.07, 6.45) is 8.34. The lowest BCUT2D eigenvalue weighted by atomic mass is 9.95. The summed E-state index contributed by atoms with van der Waals surface area (Å²) in [7, 11) is 4.26. The van der Waals surface area contributed by atoms with Crippen LogP contribution in [-0.4, -0.2) is 37.9 Å². The maximum absolute atomic E-state index is 10.9. The smallest absolute Gasteiger partial charge is 0.132 e. The van der Waals surface area contributed by atoms with Gasteiger partial charge in [0.25, 0.3) is 0 Å². The second kappa shape index (κ2) is 20.6. The SMILES string of the molecule is C=C(c1cccc(C)c1)N(C)c1ccccc1C.CCCC(CCC)C(C)=O.CCCCN(C)CCC. The van der Waals surface area contributed by atoms with Gasteiger partial charge in [-0.1, -0.05) is 95.5 Å². The Labute approximate surface area is 230 Å². The predicted octanol–water partition coefficient (Wildman–Crippen LogP) is 9.33. The van der Waals surface area contributed by atoms with Crippen LogP contribution in [0.1, 0.15) is 96.3 Å². The van der Waals surface area contributed by atoms with Gasteiger partial charge < -0.3 is 9.80 Å². The summed E-state index contributed by atoms with van der Waals surface area (Å²) in [5, 5.41) is 0. The number of anilines is 1. The molecule has 0 heterocycles. The maximum Gasteiger partial charge on any atom is 0.132 e. The van der Waals surface area contributed by atoms with E-state index in [0.717, 1.165) is 31.4 Å². The van der Waals surface area contributed by atoms with E-state index in [4.69, 9.17) is 0 Å². The Hall–Kier alpha value is -2.39. The molecule has 0 spiro atoms. The average Bonchev–Trinajstić information content (AvgIpc) is 2.87. The van der Waals surface area contributed by atoms with Gasteiger partial charge in [-0.15, -0.1) is 0 Å². The number of hydrogen-bond donors (Lipinski definition) is 0. The van der Waals surface area contributed by atoms with Crippen molar-refractivity contribution in [3.05, 3.63) is 71.8 Å². The Morgan fingerprint density at radius 3 is 1.95 bits per heavy atom. The molecule has 0 aromatic heterocycles. The molecule has 3 heteroatoms. The van der Waals surface area contributed by atoms with Crippen LogP contribution >= 0.6 is 0 Å². The molecule has 0 aliphatic rings. The van der Waals surface area contributed by atoms with E-state index in [1.54, 1.807) is 6.92 Å². The quantitative estimate of drug-likeness (QED) is 0.269. The van der Waals surface area contributed by atoms with Crippen LogP contribution in [-0.2, 0) is 4.79 Å². The standard InChI is InChI=1S/C17H19N.C9H18O.C8H19N/c1-13-8-7-10-16(12-13)15(3)18(4)17-11-6-5-9-14(17)2;1-4-6-9(7-5-2)8(3)10;1-4-6-8-9(3)7-5-2/h5-12H,3H2,1-2,4H3;9H,4-7H2,1-3H3;4-8H2,1-3H3. The van der Waals surface area contributed by atoms with Crippen LogP contribution in [0.4, 0.5) is 5.69 Å². The van der Waals surface area contributed by atoms with Crippen molar-refractivity contribution in [1.29, 1.82) is 0 Å². The normalized spacial score (nSPS) is 10.4. The highest BCUT2D eigenvalue weighted by Crippen LogP contribution is 2.26. The molecule has 0 bridgehead atoms. The molecule has 2 rings (SSSR count). The second-order valence-corrected chi connectivity index (χ2v) is 10.2. The number of benzene rings is 2. The summed E-state index contributed by atoms with van der Waals surface area (Å²) in [6, 6.07) is 16.8. The van der Waals surface area contributed by atoms with Gasteiger partial charge in [0.1, 0.15) is 5.78 Å². The first-order valence-electron chi connectivity index (χ1n) is 14.4. The number of hydrogen-bond acceptors (Lipinski definition) is 3. The molecule has 0 saturated carbocycles. The molecule has 2 aromatic carbocycles. The average molecular weight is 509 g/mol. The molecule has 3 nitrogen and oxygen atoms in total. The molecule has 208 valence electrons. The molecule has 37 heavy (non-hydrogen) atoms. The van der Waals surface area contributed by atoms with Crippen molar-refractivity contribution in [2.24, 2.45) is 5.92 Å². The van der Waals surface area contributed by atoms with Gasteiger partial charge in [0.15, 0.2) is 0 Å². The van der Waals surface area contributed by atoms with E-state index >= 15 is 0 Å². The molecule has 0 N–H and O–H groups in total. The number of para-hydroxylation sites is 1. The minimum atomic E-state index is 0.343. The third-order valence-corrected chi connectivity index (χ3v) is 6.58. The van der Waals surface area contributed by atoms with E-state index in [1.165, 1.54) is 54.7 Å². The van der Waals surface area contributed by atoms with Crippen molar-refractivity contribution in [1.82, 2.24) is 4.90 Å². The van der Waals surface area contributed by atoms with Gasteiger partial charge in [-0.2, -0.15) is 0 Å². The van der Waals surface area contributed by atoms with Crippen LogP contribution in [0.3, 0.4) is 0 Å². The largest absolute Gasteiger partial charge is 0.344 e. The van der Waals surface area contributed by atoms with Gasteiger partial charge in [-0.3, -0.25) is 4.79 Å². The number of rotatable bonds is 13. The van der Waals surface area contributed by atoms with Gasteiger partial charge in [-0.25, -0.2) is 0 Å². The van der Waals surface area contributed by atoms with Crippen LogP contribution < -0.4 is 4.90 Å². The first-order valence-corrected chi connectivity index (χ1v) is 14.4. The van der Waals surface area contributed by atoms with E-state index in [9.17, 15) is 4.79 Å². The van der Waals surface area contributed by atoms with Crippen molar-refractivity contribution in [2.75, 3.05) is 32.1 Å². The molecule has 0 atom stereocenters. The summed E-state index contributed by atoms with van der Waals surface area (Å²) in [6.45, 7) is 21.4. The number of carbonyl (C=O) groups excluding carboxylic acids is 1. The summed E-state index contributed by atoms with van der Waals surface area (Å²) in [5.74, 6) is 0.707. The molecule has 0 aliphatic heterocycles. The minimum Gasteiger partial charge on any atom is -0.344 e. The van der Waals surface area contributed by atoms with Crippen molar-refractivity contribution < 1.29 is 4.79 Å². The third-order valence-electron chi connectivity index (χ3n) is 6.58. The van der Waals surface area contributed by atoms with Crippen molar-refractivity contribution in [3.63, 3.8) is 0 Å². The summed E-state index contributed by atoms with van der Waals surface area (Å²) in [5.41, 5.74) is 5.90. The zero-order valence-electron chi connectivity index (χ0n) is 25.6. The van der Waals surface area contributed by atoms with Crippen LogP contribution in [0.2, 0.25) is 0 Å². The van der Waals surface area contributed by atoms with Gasteiger partial charge >= 0.3 is 0 Å². The Morgan fingerprint density at radius 2 is 1.46 bits per heavy atom. The first-order chi connectivity index (χ1) is 17.6. The first kappa shape index (κ1) is 34.6. The summed E-state index contributed by atoms with van der Waals surface area (Å²) < 4.78 is 0. The van der Waals surface area contributed by atoms with Gasteiger partial charge in [0.2, 0.25) is 0 Å². The maximum atomic E-state index is 10.9. The van der Waals surface area contributed by atoms with E-state index in [1.807, 2.05) is 0 Å². The fourth-order valence-corrected chi connectivity index (χ4v) is 4.27. The fraction of sp³-hybridized carbons (Fsp3) is 0.559. The molecular weight excluding hydrogens is 452 g/mol. The highest BCUT2D eigenvalue weighted by molar-refractivity contribution is 5.79. The van der Waals surface area contributed by atoms with E-state index in [-0.39, 0.29) is 0 Å². The Balaban J connectivity index is 0.000000583. The van der Waals surface area contributed by atoms with E-state index in [0.29, 0.717) is 11.7 Å². The van der Waals surface area contributed by atoms with Crippen molar-refractivity contribution >= 4 is 17.2 Å². The second-order valence-electron chi connectivity index (χ2n) is 10.2. The molecule has 0 unspecified atom stereocenters. The number of Topliss-reactive ketones (excluding diaryl/α,β-unsaturated/α-hetero) is 1. The lowest BCUT2D eigenvalue weighted by Gasteiger charge is -2.24. The predicted molar refractivity (Wildman–Crippen MR) is 166 cm³/mol. The summed E-state index contributed by atoms with van der Waals surface area (Å²) in [4.78, 5) is 15.5. The zero-order chi connectivity index (χ0) is 28.2. The van der Waals surface area contributed by atoms with Gasteiger partial charge in [-0.05, 0) is 89.9 Å². The number of ketones is 1. The fourth-order valence-electron chi connectivity index (χ4n) is 4.27. The van der Waals surface area contributed by atoms with Gasteiger partial charge in [0, 0.05) is 24.4 Å². The highest BCUT2D eigenvalue weighted by Gasteiger charge is 2.11. The molecule has 0 aliphatic carbocycles. The third kappa shape index (κ3) is 14.8. The Morgan fingerprint density at radius 1 is 0.838 bits per heavy atom. The van der Waals surface area contributed by atoms with Crippen LogP contribution in [0.25, 0.3) is 5.70 Å². The van der Waals surface area contributed by atoms with E-state index in [2.05, 4.69) is 121 Å². The Bertz CT molecular complexity index is 883. The number of carbonyl (C=O) groups is 1. The minimum absolute atomic E-state index is 0.343. The topological polar surface area (TPSA) is 23.6 Å². The van der Waals surface area contributed by atoms with Crippen LogP contribution in [0.15, 0.2) is 55.1 Å². The molecule has 2 aromatic rings. The highest BCUT2D eigenvalue weighted by atomic mass is 16.1. The Kier molecular flexibility index (Phi) is 19.3. The number of aryl methyl sites for hydroxylation is 2. The van der Waals surface area contributed by atoms with E-state index < -0.39 is 0 Å². The van der Waals surface area contributed by atoms with Crippen LogP contribution in [0, 0.1) is 19.8 Å². The van der Waals surface area contributed by atoms with Crippen molar-refractivity contribution in [2.45, 2.75) is 93.4 Å². The van der Waals surface area contributed by atoms with Gasteiger partial charge in [0.05, 0.1) is 0 Å². The molecule has 0 radical (unpaired) electrons. The molecular formula is C34H56N2O. The zero-order valence-corrected chi connectivity index (χ0v) is 25.6. The molecule has 0 saturated heterocycles. The number of nitrogens with zero attached hydrogens (tertiary/aromatic N) is 2. The monoisotopic (exact) mass is 508 g/mol. The van der Waals surface area contributed by atoms with Crippen LogP contribution in [0.5, 0.6) is 0 Å². The lowest BCUT2D eigenvalue weighted by molar-refractivity contribution is -0.121. The molecule has 0 fully saturated rings. The lowest BCUT2D eigenvalue weighted by Crippen LogP contribution is -2.19. The van der Waals surface area contributed by atoms with Crippen molar-refractivity contribution in [3.8, 4) is 0 Å².